The molecule has 0 spiro atoms. The molecular formula is C15H18N8. The second-order valence-electron chi connectivity index (χ2n) is 5.69. The first-order chi connectivity index (χ1) is 11.3. The van der Waals surface area contributed by atoms with E-state index in [0.717, 1.165) is 49.2 Å². The monoisotopic (exact) mass is 310 g/mol. The fourth-order valence-electron chi connectivity index (χ4n) is 2.79. The zero-order chi connectivity index (χ0) is 15.6. The maximum absolute atomic E-state index is 4.43. The smallest absolute Gasteiger partial charge is 0.225 e. The van der Waals surface area contributed by atoms with Crippen LogP contribution in [-0.2, 0) is 19.5 Å². The second-order valence-corrected chi connectivity index (χ2v) is 5.69. The summed E-state index contributed by atoms with van der Waals surface area (Å²) in [4.78, 5) is 11.1. The molecule has 3 aromatic heterocycles. The molecule has 23 heavy (non-hydrogen) atoms. The van der Waals surface area contributed by atoms with Gasteiger partial charge in [0.1, 0.15) is 12.4 Å². The van der Waals surface area contributed by atoms with Gasteiger partial charge >= 0.3 is 0 Å². The molecule has 4 rings (SSSR count). The third-order valence-corrected chi connectivity index (χ3v) is 4.02. The van der Waals surface area contributed by atoms with Crippen LogP contribution in [0.15, 0.2) is 30.9 Å². The molecule has 0 bridgehead atoms. The molecule has 1 aliphatic heterocycles. The Balaban J connectivity index is 1.52. The predicted molar refractivity (Wildman–Crippen MR) is 84.0 cm³/mol. The van der Waals surface area contributed by atoms with E-state index in [1.807, 2.05) is 36.3 Å². The third-order valence-electron chi connectivity index (χ3n) is 4.02. The molecule has 0 amide bonds. The van der Waals surface area contributed by atoms with E-state index in [1.165, 1.54) is 0 Å². The van der Waals surface area contributed by atoms with Crippen LogP contribution in [0.1, 0.15) is 17.2 Å². The summed E-state index contributed by atoms with van der Waals surface area (Å²) >= 11 is 0. The van der Waals surface area contributed by atoms with Crippen LogP contribution in [0.4, 0.5) is 5.95 Å². The zero-order valence-electron chi connectivity index (χ0n) is 13.0. The van der Waals surface area contributed by atoms with Crippen molar-refractivity contribution in [3.8, 4) is 0 Å². The summed E-state index contributed by atoms with van der Waals surface area (Å²) in [5.41, 5.74) is 1.07. The summed E-state index contributed by atoms with van der Waals surface area (Å²) in [7, 11) is 0. The fraction of sp³-hybridized carbons (Fsp3) is 0.400. The summed E-state index contributed by atoms with van der Waals surface area (Å²) < 4.78 is 4.05. The molecule has 0 radical (unpaired) electrons. The zero-order valence-corrected chi connectivity index (χ0v) is 13.0. The quantitative estimate of drug-likeness (QED) is 0.708. The standard InChI is InChI=1S/C15H18N8/c1-12-9-16-15(17-10-12)21-6-3-13-19-20-14(23(13)8-7-21)11-22-5-2-4-18-22/h2,4-5,9-10H,3,6-8,11H2,1H3. The average Bonchev–Trinajstić information content (AvgIpc) is 3.15. The first-order valence-electron chi connectivity index (χ1n) is 7.71. The Morgan fingerprint density at radius 2 is 1.96 bits per heavy atom. The van der Waals surface area contributed by atoms with Crippen molar-refractivity contribution in [2.24, 2.45) is 0 Å². The van der Waals surface area contributed by atoms with Crippen molar-refractivity contribution in [2.75, 3.05) is 18.0 Å². The van der Waals surface area contributed by atoms with E-state index in [2.05, 4.69) is 34.7 Å². The SMILES string of the molecule is Cc1cnc(N2CCc3nnc(Cn4cccn4)n3CC2)nc1. The van der Waals surface area contributed by atoms with Crippen LogP contribution in [-0.4, -0.2) is 47.6 Å². The molecular weight excluding hydrogens is 292 g/mol. The van der Waals surface area contributed by atoms with E-state index in [-0.39, 0.29) is 0 Å². The van der Waals surface area contributed by atoms with Gasteiger partial charge in [-0.3, -0.25) is 4.68 Å². The molecule has 0 aliphatic carbocycles. The second kappa shape index (κ2) is 5.79. The molecule has 0 N–H and O–H groups in total. The number of hydrogen-bond donors (Lipinski definition) is 0. The Morgan fingerprint density at radius 1 is 1.09 bits per heavy atom. The predicted octanol–water partition coefficient (Wildman–Crippen LogP) is 0.684. The van der Waals surface area contributed by atoms with Crippen molar-refractivity contribution in [2.45, 2.75) is 26.4 Å². The Labute approximate surface area is 133 Å². The van der Waals surface area contributed by atoms with E-state index >= 15 is 0 Å². The average molecular weight is 310 g/mol. The maximum Gasteiger partial charge on any atom is 0.225 e. The number of anilines is 1. The van der Waals surface area contributed by atoms with Crippen LogP contribution in [0.2, 0.25) is 0 Å². The molecule has 4 heterocycles. The van der Waals surface area contributed by atoms with Gasteiger partial charge in [0.25, 0.3) is 0 Å². The summed E-state index contributed by atoms with van der Waals surface area (Å²) in [6.45, 7) is 5.16. The number of fused-ring (bicyclic) bond motifs is 1. The maximum atomic E-state index is 4.43. The van der Waals surface area contributed by atoms with Crippen LogP contribution in [0, 0.1) is 6.92 Å². The molecule has 1 aliphatic rings. The Hall–Kier alpha value is -2.77. The molecule has 3 aromatic rings. The molecule has 118 valence electrons. The van der Waals surface area contributed by atoms with Gasteiger partial charge in [-0.2, -0.15) is 5.10 Å². The Bertz CT molecular complexity index is 774. The van der Waals surface area contributed by atoms with Crippen LogP contribution < -0.4 is 4.90 Å². The lowest BCUT2D eigenvalue weighted by Gasteiger charge is -2.19. The highest BCUT2D eigenvalue weighted by Gasteiger charge is 2.20. The van der Waals surface area contributed by atoms with Crippen LogP contribution in [0.3, 0.4) is 0 Å². The van der Waals surface area contributed by atoms with Gasteiger partial charge in [-0.25, -0.2) is 9.97 Å². The molecule has 0 saturated heterocycles. The molecule has 8 heteroatoms. The lowest BCUT2D eigenvalue weighted by atomic mass is 10.4. The van der Waals surface area contributed by atoms with Crippen LogP contribution in [0.5, 0.6) is 0 Å². The summed E-state index contributed by atoms with van der Waals surface area (Å²) in [6.07, 6.45) is 8.26. The highest BCUT2D eigenvalue weighted by molar-refractivity contribution is 5.30. The highest BCUT2D eigenvalue weighted by atomic mass is 15.4. The lowest BCUT2D eigenvalue weighted by Crippen LogP contribution is -2.28. The van der Waals surface area contributed by atoms with Crippen molar-refractivity contribution < 1.29 is 0 Å². The Kier molecular flexibility index (Phi) is 3.49. The number of nitrogens with zero attached hydrogens (tertiary/aromatic N) is 8. The minimum Gasteiger partial charge on any atom is -0.339 e. The van der Waals surface area contributed by atoms with E-state index < -0.39 is 0 Å². The minimum absolute atomic E-state index is 0.640. The van der Waals surface area contributed by atoms with Crippen molar-refractivity contribution >= 4 is 5.95 Å². The summed E-state index contributed by atoms with van der Waals surface area (Å²) in [6, 6.07) is 1.91. The molecule has 0 aromatic carbocycles. The van der Waals surface area contributed by atoms with Gasteiger partial charge in [-0.1, -0.05) is 0 Å². The molecule has 0 atom stereocenters. The lowest BCUT2D eigenvalue weighted by molar-refractivity contribution is 0.587. The van der Waals surface area contributed by atoms with Gasteiger partial charge in [-0.15, -0.1) is 10.2 Å². The number of rotatable bonds is 3. The van der Waals surface area contributed by atoms with Gasteiger partial charge in [0.15, 0.2) is 5.82 Å². The van der Waals surface area contributed by atoms with Gasteiger partial charge in [0, 0.05) is 50.8 Å². The van der Waals surface area contributed by atoms with Gasteiger partial charge < -0.3 is 9.47 Å². The van der Waals surface area contributed by atoms with Crippen molar-refractivity contribution in [3.63, 3.8) is 0 Å². The third kappa shape index (κ3) is 2.79. The van der Waals surface area contributed by atoms with E-state index in [0.29, 0.717) is 6.54 Å². The van der Waals surface area contributed by atoms with E-state index in [4.69, 9.17) is 0 Å². The molecule has 0 saturated carbocycles. The van der Waals surface area contributed by atoms with Gasteiger partial charge in [0.05, 0.1) is 0 Å². The largest absolute Gasteiger partial charge is 0.339 e. The van der Waals surface area contributed by atoms with E-state index in [1.54, 1.807) is 6.20 Å². The summed E-state index contributed by atoms with van der Waals surface area (Å²) in [5.74, 6) is 2.74. The van der Waals surface area contributed by atoms with Gasteiger partial charge in [0.2, 0.25) is 5.95 Å². The number of aryl methyl sites for hydroxylation is 1. The number of hydrogen-bond acceptors (Lipinski definition) is 6. The first-order valence-corrected chi connectivity index (χ1v) is 7.71. The number of aromatic nitrogens is 7. The minimum atomic E-state index is 0.640. The van der Waals surface area contributed by atoms with Crippen molar-refractivity contribution in [1.29, 1.82) is 0 Å². The summed E-state index contributed by atoms with van der Waals surface area (Å²) in [5, 5.41) is 12.9. The van der Waals surface area contributed by atoms with Gasteiger partial charge in [-0.05, 0) is 18.6 Å². The van der Waals surface area contributed by atoms with Crippen LogP contribution >= 0.6 is 0 Å². The van der Waals surface area contributed by atoms with E-state index in [9.17, 15) is 0 Å². The van der Waals surface area contributed by atoms with Crippen molar-refractivity contribution in [3.05, 3.63) is 48.1 Å². The normalized spacial score (nSPS) is 14.6. The highest BCUT2D eigenvalue weighted by Crippen LogP contribution is 2.14. The fourth-order valence-corrected chi connectivity index (χ4v) is 2.79. The van der Waals surface area contributed by atoms with Crippen molar-refractivity contribution in [1.82, 2.24) is 34.5 Å². The topological polar surface area (TPSA) is 77.5 Å². The first kappa shape index (κ1) is 13.9. The molecule has 8 nitrogen and oxygen atoms in total. The molecule has 0 fully saturated rings. The van der Waals surface area contributed by atoms with Crippen LogP contribution in [0.25, 0.3) is 0 Å². The molecule has 0 unspecified atom stereocenters. The Morgan fingerprint density at radius 3 is 2.74 bits per heavy atom.